The number of rotatable bonds is 3. The lowest BCUT2D eigenvalue weighted by Gasteiger charge is -2.48. The fraction of sp³-hybridized carbons (Fsp3) is 0.409. The number of amides is 1. The van der Waals surface area contributed by atoms with E-state index in [0.29, 0.717) is 19.5 Å². The Balaban J connectivity index is 1.64. The van der Waals surface area contributed by atoms with Crippen LogP contribution in [-0.2, 0) is 5.60 Å². The number of piperidine rings is 1. The van der Waals surface area contributed by atoms with E-state index < -0.39 is 17.3 Å². The molecule has 0 spiro atoms. The summed E-state index contributed by atoms with van der Waals surface area (Å²) in [5.74, 6) is -1.24. The molecule has 2 saturated heterocycles. The second-order valence-corrected chi connectivity index (χ2v) is 7.71. The first-order valence-electron chi connectivity index (χ1n) is 9.79. The molecule has 1 amide bonds. The van der Waals surface area contributed by atoms with Gasteiger partial charge < -0.3 is 15.1 Å². The molecule has 148 valence electrons. The summed E-state index contributed by atoms with van der Waals surface area (Å²) in [7, 11) is 0. The molecule has 2 aromatic carbocycles. The van der Waals surface area contributed by atoms with Crippen LogP contribution in [0.25, 0.3) is 0 Å². The van der Waals surface area contributed by atoms with E-state index in [9.17, 15) is 19.4 Å². The molecule has 2 aliphatic rings. The molecule has 5 nitrogen and oxygen atoms in total. The number of hydrogen-bond acceptors (Lipinski definition) is 4. The van der Waals surface area contributed by atoms with Gasteiger partial charge in [0.05, 0.1) is 11.6 Å². The molecule has 0 unspecified atom stereocenters. The Morgan fingerprint density at radius 1 is 1.07 bits per heavy atom. The van der Waals surface area contributed by atoms with Gasteiger partial charge in [-0.25, -0.2) is 4.39 Å². The van der Waals surface area contributed by atoms with Crippen molar-refractivity contribution >= 4 is 5.91 Å². The minimum Gasteiger partial charge on any atom is -0.508 e. The molecular formula is C22H25FN2O3. The third kappa shape index (κ3) is 3.38. The molecule has 4 rings (SSSR count). The predicted octanol–water partition coefficient (Wildman–Crippen LogP) is 2.73. The number of likely N-dealkylation sites (tertiary alicyclic amines) is 2. The van der Waals surface area contributed by atoms with Gasteiger partial charge in [-0.1, -0.05) is 30.3 Å². The zero-order valence-electron chi connectivity index (χ0n) is 15.7. The largest absolute Gasteiger partial charge is 0.508 e. The van der Waals surface area contributed by atoms with Crippen LogP contribution in [0.2, 0.25) is 0 Å². The maximum atomic E-state index is 14.2. The normalized spacial score (nSPS) is 25.8. The highest BCUT2D eigenvalue weighted by Gasteiger charge is 2.47. The standard InChI is InChI=1S/C22H25FN2O3/c23-19-9-8-17(26)14-18(19)21(27)25-13-10-22(28,16-6-2-1-3-7-16)20(15-25)24-11-4-5-12-24/h1-3,6-9,14,20,26,28H,4-5,10-13,15H2/t20-,22+/m1/s1. The van der Waals surface area contributed by atoms with Crippen LogP contribution in [0.3, 0.4) is 0 Å². The summed E-state index contributed by atoms with van der Waals surface area (Å²) in [6.07, 6.45) is 2.51. The number of aromatic hydroxyl groups is 1. The maximum Gasteiger partial charge on any atom is 0.257 e. The van der Waals surface area contributed by atoms with Gasteiger partial charge in [0.15, 0.2) is 0 Å². The van der Waals surface area contributed by atoms with Gasteiger partial charge in [0, 0.05) is 13.1 Å². The van der Waals surface area contributed by atoms with Crippen molar-refractivity contribution in [1.29, 1.82) is 0 Å². The van der Waals surface area contributed by atoms with E-state index in [-0.39, 0.29) is 17.4 Å². The van der Waals surface area contributed by atoms with Crippen LogP contribution >= 0.6 is 0 Å². The Labute approximate surface area is 164 Å². The van der Waals surface area contributed by atoms with Crippen molar-refractivity contribution in [3.63, 3.8) is 0 Å². The van der Waals surface area contributed by atoms with Crippen molar-refractivity contribution in [1.82, 2.24) is 9.80 Å². The SMILES string of the molecule is O=C(c1cc(O)ccc1F)N1CC[C@](O)(c2ccccc2)[C@H](N2CCCC2)C1. The number of benzene rings is 2. The van der Waals surface area contributed by atoms with E-state index in [4.69, 9.17) is 0 Å². The third-order valence-electron chi connectivity index (χ3n) is 6.03. The van der Waals surface area contributed by atoms with Crippen LogP contribution in [0.5, 0.6) is 5.75 Å². The number of carbonyl (C=O) groups excluding carboxylic acids is 1. The lowest BCUT2D eigenvalue weighted by atomic mass is 9.79. The Morgan fingerprint density at radius 3 is 2.50 bits per heavy atom. The molecule has 0 bridgehead atoms. The lowest BCUT2D eigenvalue weighted by Crippen LogP contribution is -2.61. The molecular weight excluding hydrogens is 359 g/mol. The number of aliphatic hydroxyl groups is 1. The number of carbonyl (C=O) groups is 1. The number of phenolic OH excluding ortho intramolecular Hbond substituents is 1. The van der Waals surface area contributed by atoms with Gasteiger partial charge >= 0.3 is 0 Å². The minimum atomic E-state index is -1.06. The van der Waals surface area contributed by atoms with E-state index in [1.807, 2.05) is 30.3 Å². The molecule has 6 heteroatoms. The van der Waals surface area contributed by atoms with Crippen molar-refractivity contribution in [3.8, 4) is 5.75 Å². The summed E-state index contributed by atoms with van der Waals surface area (Å²) in [6, 6.07) is 12.8. The van der Waals surface area contributed by atoms with Crippen LogP contribution < -0.4 is 0 Å². The molecule has 2 fully saturated rings. The molecule has 28 heavy (non-hydrogen) atoms. The molecule has 2 aromatic rings. The summed E-state index contributed by atoms with van der Waals surface area (Å²) < 4.78 is 14.2. The van der Waals surface area contributed by atoms with E-state index in [2.05, 4.69) is 4.90 Å². The molecule has 0 saturated carbocycles. The summed E-state index contributed by atoms with van der Waals surface area (Å²) in [5, 5.41) is 21.3. The van der Waals surface area contributed by atoms with E-state index in [1.165, 1.54) is 12.1 Å². The van der Waals surface area contributed by atoms with Crippen molar-refractivity contribution in [2.24, 2.45) is 0 Å². The number of phenols is 1. The van der Waals surface area contributed by atoms with Crippen LogP contribution in [0.4, 0.5) is 4.39 Å². The Kier molecular flexibility index (Phi) is 5.08. The van der Waals surface area contributed by atoms with Gasteiger partial charge in [-0.15, -0.1) is 0 Å². The van der Waals surface area contributed by atoms with E-state index >= 15 is 0 Å². The summed E-state index contributed by atoms with van der Waals surface area (Å²) in [5.41, 5.74) is -0.340. The van der Waals surface area contributed by atoms with Gasteiger partial charge in [-0.05, 0) is 56.1 Å². The molecule has 2 aliphatic heterocycles. The Bertz CT molecular complexity index is 854. The van der Waals surface area contributed by atoms with Gasteiger partial charge in [0.1, 0.15) is 17.2 Å². The maximum absolute atomic E-state index is 14.2. The highest BCUT2D eigenvalue weighted by molar-refractivity contribution is 5.95. The monoisotopic (exact) mass is 384 g/mol. The topological polar surface area (TPSA) is 64.0 Å². The predicted molar refractivity (Wildman–Crippen MR) is 104 cm³/mol. The molecule has 0 radical (unpaired) electrons. The van der Waals surface area contributed by atoms with Crippen LogP contribution in [0, 0.1) is 5.82 Å². The van der Waals surface area contributed by atoms with Gasteiger partial charge in [0.25, 0.3) is 5.91 Å². The molecule has 0 aliphatic carbocycles. The second-order valence-electron chi connectivity index (χ2n) is 7.71. The molecule has 2 heterocycles. The first-order valence-corrected chi connectivity index (χ1v) is 9.79. The van der Waals surface area contributed by atoms with Gasteiger partial charge in [0.2, 0.25) is 0 Å². The van der Waals surface area contributed by atoms with Crippen molar-refractivity contribution in [3.05, 3.63) is 65.5 Å². The van der Waals surface area contributed by atoms with Crippen LogP contribution in [0.15, 0.2) is 48.5 Å². The van der Waals surface area contributed by atoms with Crippen molar-refractivity contribution < 1.29 is 19.4 Å². The van der Waals surface area contributed by atoms with Crippen molar-refractivity contribution in [2.45, 2.75) is 30.9 Å². The van der Waals surface area contributed by atoms with Gasteiger partial charge in [-0.2, -0.15) is 0 Å². The smallest absolute Gasteiger partial charge is 0.257 e. The number of hydrogen-bond donors (Lipinski definition) is 2. The summed E-state index contributed by atoms with van der Waals surface area (Å²) in [6.45, 7) is 2.40. The van der Waals surface area contributed by atoms with Crippen LogP contribution in [0.1, 0.15) is 35.2 Å². The summed E-state index contributed by atoms with van der Waals surface area (Å²) >= 11 is 0. The second kappa shape index (κ2) is 7.53. The third-order valence-corrected chi connectivity index (χ3v) is 6.03. The minimum absolute atomic E-state index is 0.134. The van der Waals surface area contributed by atoms with E-state index in [0.717, 1.165) is 37.6 Å². The van der Waals surface area contributed by atoms with E-state index in [1.54, 1.807) is 4.90 Å². The average Bonchev–Trinajstić information content (AvgIpc) is 3.25. The highest BCUT2D eigenvalue weighted by Crippen LogP contribution is 2.37. The highest BCUT2D eigenvalue weighted by atomic mass is 19.1. The fourth-order valence-electron chi connectivity index (χ4n) is 4.49. The zero-order valence-corrected chi connectivity index (χ0v) is 15.7. The molecule has 2 N–H and O–H groups in total. The van der Waals surface area contributed by atoms with Gasteiger partial charge in [-0.3, -0.25) is 9.69 Å². The molecule has 2 atom stereocenters. The average molecular weight is 384 g/mol. The first kappa shape index (κ1) is 18.9. The Hall–Kier alpha value is -2.44. The first-order chi connectivity index (χ1) is 13.5. The summed E-state index contributed by atoms with van der Waals surface area (Å²) in [4.78, 5) is 16.8. The Morgan fingerprint density at radius 2 is 1.79 bits per heavy atom. The zero-order chi connectivity index (χ0) is 19.7. The lowest BCUT2D eigenvalue weighted by molar-refractivity contribution is -0.0878. The number of nitrogens with zero attached hydrogens (tertiary/aromatic N) is 2. The van der Waals surface area contributed by atoms with Crippen LogP contribution in [-0.4, -0.2) is 58.1 Å². The fourth-order valence-corrected chi connectivity index (χ4v) is 4.49. The quantitative estimate of drug-likeness (QED) is 0.854. The molecule has 0 aromatic heterocycles. The number of halogens is 1. The van der Waals surface area contributed by atoms with Crippen molar-refractivity contribution in [2.75, 3.05) is 26.2 Å².